The van der Waals surface area contributed by atoms with E-state index < -0.39 is 27.9 Å². The van der Waals surface area contributed by atoms with E-state index in [0.29, 0.717) is 12.8 Å². The van der Waals surface area contributed by atoms with Crippen molar-refractivity contribution in [2.75, 3.05) is 6.26 Å². The molecule has 1 N–H and O–H groups in total. The van der Waals surface area contributed by atoms with Crippen LogP contribution in [0.1, 0.15) is 39.2 Å². The molecule has 28 heavy (non-hydrogen) atoms. The van der Waals surface area contributed by atoms with Crippen LogP contribution < -0.4 is 0 Å². The molecule has 1 atom stereocenters. The van der Waals surface area contributed by atoms with Gasteiger partial charge in [-0.25, -0.2) is 22.3 Å². The normalized spacial score (nSPS) is 17.7. The van der Waals surface area contributed by atoms with Gasteiger partial charge in [0.1, 0.15) is 6.61 Å². The van der Waals surface area contributed by atoms with Gasteiger partial charge < -0.3 is 9.84 Å². The summed E-state index contributed by atoms with van der Waals surface area (Å²) < 4.78 is 30.9. The molecule has 1 unspecified atom stereocenters. The van der Waals surface area contributed by atoms with E-state index in [0.717, 1.165) is 16.1 Å². The molecule has 1 heterocycles. The molecule has 8 heteroatoms. The van der Waals surface area contributed by atoms with Crippen LogP contribution in [0.2, 0.25) is 0 Å². The lowest BCUT2D eigenvalue weighted by molar-refractivity contribution is -0.141. The number of hydrogen-bond donors (Lipinski definition) is 1. The van der Waals surface area contributed by atoms with Crippen molar-refractivity contribution in [3.63, 3.8) is 0 Å². The Labute approximate surface area is 165 Å². The Balaban J connectivity index is 2.51. The van der Waals surface area contributed by atoms with Gasteiger partial charge in [0, 0.05) is 17.3 Å². The van der Waals surface area contributed by atoms with Crippen molar-refractivity contribution in [3.8, 4) is 0 Å². The van der Waals surface area contributed by atoms with Gasteiger partial charge in [0.2, 0.25) is 10.0 Å². The zero-order chi connectivity index (χ0) is 21.1. The first-order valence-electron chi connectivity index (χ1n) is 8.95. The molecule has 1 aliphatic heterocycles. The second-order valence-corrected chi connectivity index (χ2v) is 8.56. The Morgan fingerprint density at radius 2 is 1.68 bits per heavy atom. The number of hydrogen-bond acceptors (Lipinski definition) is 5. The summed E-state index contributed by atoms with van der Waals surface area (Å²) in [6, 6.07) is 9.07. The molecule has 1 aliphatic rings. The van der Waals surface area contributed by atoms with Gasteiger partial charge in [-0.05, 0) is 25.8 Å². The van der Waals surface area contributed by atoms with Crippen LogP contribution in [-0.4, -0.2) is 36.0 Å². The van der Waals surface area contributed by atoms with Crippen molar-refractivity contribution in [3.05, 3.63) is 58.4 Å². The molecule has 152 valence electrons. The average molecular weight is 407 g/mol. The lowest BCUT2D eigenvalue weighted by Gasteiger charge is -2.35. The molecule has 0 amide bonds. The van der Waals surface area contributed by atoms with Gasteiger partial charge >= 0.3 is 11.9 Å². The molecule has 0 bridgehead atoms. The van der Waals surface area contributed by atoms with Gasteiger partial charge in [0.05, 0.1) is 17.4 Å². The molecular weight excluding hydrogens is 382 g/mol. The molecule has 0 aliphatic carbocycles. The van der Waals surface area contributed by atoms with E-state index in [1.807, 2.05) is 25.1 Å². The highest BCUT2D eigenvalue weighted by molar-refractivity contribution is 7.88. The Morgan fingerprint density at radius 1 is 1.11 bits per heavy atom. The van der Waals surface area contributed by atoms with Crippen molar-refractivity contribution in [1.29, 1.82) is 0 Å². The molecule has 0 spiro atoms. The largest absolute Gasteiger partial charge is 0.478 e. The van der Waals surface area contributed by atoms with Crippen LogP contribution in [-0.2, 0) is 31.0 Å². The second-order valence-electron chi connectivity index (χ2n) is 6.73. The highest BCUT2D eigenvalue weighted by Gasteiger charge is 2.41. The summed E-state index contributed by atoms with van der Waals surface area (Å²) in [5.74, 6) is -2.69. The standard InChI is InChI=1S/C20H25NO6S/c1-5-9-16-17(19(22)23)13(2)21(28(4,25)26)14(3)18(16)20(24)27-12-15-10-7-6-8-11-15/h6-8,10-11,16H,5,9,12H2,1-4H3,(H,22,23). The predicted molar refractivity (Wildman–Crippen MR) is 104 cm³/mol. The maximum atomic E-state index is 12.9. The third kappa shape index (κ3) is 4.44. The van der Waals surface area contributed by atoms with Crippen molar-refractivity contribution >= 4 is 22.0 Å². The summed E-state index contributed by atoms with van der Waals surface area (Å²) in [7, 11) is -3.82. The Bertz CT molecular complexity index is 931. The van der Waals surface area contributed by atoms with E-state index in [2.05, 4.69) is 0 Å². The molecule has 0 saturated heterocycles. The fourth-order valence-corrected chi connectivity index (χ4v) is 4.78. The quantitative estimate of drug-likeness (QED) is 0.697. The first kappa shape index (κ1) is 21.7. The molecule has 0 aromatic heterocycles. The van der Waals surface area contributed by atoms with Crippen LogP contribution in [0.25, 0.3) is 0 Å². The number of ether oxygens (including phenoxy) is 1. The molecule has 2 rings (SSSR count). The number of benzene rings is 1. The van der Waals surface area contributed by atoms with E-state index in [4.69, 9.17) is 4.74 Å². The number of carbonyl (C=O) groups is 2. The third-order valence-electron chi connectivity index (χ3n) is 4.66. The average Bonchev–Trinajstić information content (AvgIpc) is 2.59. The smallest absolute Gasteiger partial charge is 0.336 e. The molecule has 0 radical (unpaired) electrons. The molecule has 0 saturated carbocycles. The highest BCUT2D eigenvalue weighted by atomic mass is 32.2. The summed E-state index contributed by atoms with van der Waals surface area (Å²) in [5, 5.41) is 9.73. The summed E-state index contributed by atoms with van der Waals surface area (Å²) in [4.78, 5) is 24.8. The van der Waals surface area contributed by atoms with E-state index >= 15 is 0 Å². The van der Waals surface area contributed by atoms with Crippen LogP contribution in [0.3, 0.4) is 0 Å². The zero-order valence-corrected chi connectivity index (χ0v) is 17.2. The highest BCUT2D eigenvalue weighted by Crippen LogP contribution is 2.39. The molecule has 1 aromatic rings. The summed E-state index contributed by atoms with van der Waals surface area (Å²) >= 11 is 0. The SMILES string of the molecule is CCCC1C(C(=O)O)=C(C)N(S(C)(=O)=O)C(C)=C1C(=O)OCc1ccccc1. The van der Waals surface area contributed by atoms with Crippen LogP contribution in [0.4, 0.5) is 0 Å². The Morgan fingerprint density at radius 3 is 2.18 bits per heavy atom. The van der Waals surface area contributed by atoms with Gasteiger partial charge in [-0.15, -0.1) is 0 Å². The molecule has 1 aromatic carbocycles. The topological polar surface area (TPSA) is 101 Å². The van der Waals surface area contributed by atoms with E-state index in [-0.39, 0.29) is 29.1 Å². The molecule has 7 nitrogen and oxygen atoms in total. The third-order valence-corrected chi connectivity index (χ3v) is 5.87. The van der Waals surface area contributed by atoms with Crippen molar-refractivity contribution < 1.29 is 27.9 Å². The van der Waals surface area contributed by atoms with Crippen molar-refractivity contribution in [2.24, 2.45) is 5.92 Å². The summed E-state index contributed by atoms with van der Waals surface area (Å²) in [6.45, 7) is 4.84. The minimum atomic E-state index is -3.82. The van der Waals surface area contributed by atoms with Gasteiger partial charge in [-0.1, -0.05) is 43.7 Å². The Kier molecular flexibility index (Phi) is 6.66. The number of carboxylic acids is 1. The summed E-state index contributed by atoms with van der Waals surface area (Å²) in [5.41, 5.74) is 1.05. The second kappa shape index (κ2) is 8.60. The number of aliphatic carboxylic acids is 1. The van der Waals surface area contributed by atoms with Crippen LogP contribution in [0, 0.1) is 5.92 Å². The number of carboxylic acid groups (broad SMARTS) is 1. The summed E-state index contributed by atoms with van der Waals surface area (Å²) in [6.07, 6.45) is 1.99. The lowest BCUT2D eigenvalue weighted by atomic mass is 9.82. The van der Waals surface area contributed by atoms with E-state index in [9.17, 15) is 23.1 Å². The van der Waals surface area contributed by atoms with Crippen molar-refractivity contribution in [2.45, 2.75) is 40.2 Å². The first-order valence-corrected chi connectivity index (χ1v) is 10.8. The number of nitrogens with zero attached hydrogens (tertiary/aromatic N) is 1. The number of carbonyl (C=O) groups excluding carboxylic acids is 1. The van der Waals surface area contributed by atoms with E-state index in [1.54, 1.807) is 12.1 Å². The van der Waals surface area contributed by atoms with Crippen LogP contribution in [0.15, 0.2) is 52.9 Å². The fourth-order valence-electron chi connectivity index (χ4n) is 3.59. The van der Waals surface area contributed by atoms with E-state index in [1.165, 1.54) is 13.8 Å². The number of sulfonamides is 1. The lowest BCUT2D eigenvalue weighted by Crippen LogP contribution is -2.38. The number of allylic oxidation sites excluding steroid dienone is 2. The maximum absolute atomic E-state index is 12.9. The van der Waals surface area contributed by atoms with Gasteiger partial charge in [-0.2, -0.15) is 0 Å². The van der Waals surface area contributed by atoms with Crippen LogP contribution in [0.5, 0.6) is 0 Å². The first-order chi connectivity index (χ1) is 13.1. The molecular formula is C20H25NO6S. The number of rotatable bonds is 7. The monoisotopic (exact) mass is 407 g/mol. The maximum Gasteiger partial charge on any atom is 0.336 e. The molecule has 0 fully saturated rings. The zero-order valence-electron chi connectivity index (χ0n) is 16.4. The van der Waals surface area contributed by atoms with Crippen molar-refractivity contribution in [1.82, 2.24) is 4.31 Å². The van der Waals surface area contributed by atoms with Crippen LogP contribution >= 0.6 is 0 Å². The predicted octanol–water partition coefficient (Wildman–Crippen LogP) is 3.05. The van der Waals surface area contributed by atoms with Gasteiger partial charge in [0.15, 0.2) is 0 Å². The van der Waals surface area contributed by atoms with Gasteiger partial charge in [-0.3, -0.25) is 0 Å². The fraction of sp³-hybridized carbons (Fsp3) is 0.400. The minimum Gasteiger partial charge on any atom is -0.478 e. The minimum absolute atomic E-state index is 0.0132. The number of esters is 1. The van der Waals surface area contributed by atoms with Gasteiger partial charge in [0.25, 0.3) is 0 Å². The Hall–Kier alpha value is -2.61.